The maximum atomic E-state index is 6.07. The van der Waals surface area contributed by atoms with Crippen molar-refractivity contribution in [3.8, 4) is 11.5 Å². The van der Waals surface area contributed by atoms with Crippen LogP contribution in [-0.4, -0.2) is 16.7 Å². The first-order valence-electron chi connectivity index (χ1n) is 5.69. The Kier molecular flexibility index (Phi) is 4.58. The Morgan fingerprint density at radius 2 is 2.11 bits per heavy atom. The van der Waals surface area contributed by atoms with E-state index >= 15 is 0 Å². The van der Waals surface area contributed by atoms with Gasteiger partial charge in [-0.05, 0) is 31.2 Å². The zero-order valence-corrected chi connectivity index (χ0v) is 11.4. The SMILES string of the molecule is CCCNCc1nnc(-c2ccc(Cl)cc2Cl)o1. The van der Waals surface area contributed by atoms with Crippen molar-refractivity contribution in [2.75, 3.05) is 6.54 Å². The van der Waals surface area contributed by atoms with Crippen LogP contribution in [-0.2, 0) is 6.54 Å². The van der Waals surface area contributed by atoms with Crippen LogP contribution in [0.4, 0.5) is 0 Å². The number of benzene rings is 1. The van der Waals surface area contributed by atoms with Gasteiger partial charge in [0.2, 0.25) is 11.8 Å². The largest absolute Gasteiger partial charge is 0.419 e. The Hall–Kier alpha value is -1.10. The van der Waals surface area contributed by atoms with E-state index in [1.807, 2.05) is 0 Å². The lowest BCUT2D eigenvalue weighted by Gasteiger charge is -1.99. The Bertz CT molecular complexity index is 528. The first-order chi connectivity index (χ1) is 8.70. The minimum absolute atomic E-state index is 0.407. The van der Waals surface area contributed by atoms with Gasteiger partial charge in [0.15, 0.2) is 0 Å². The normalized spacial score (nSPS) is 10.8. The van der Waals surface area contributed by atoms with Crippen LogP contribution in [0.1, 0.15) is 19.2 Å². The van der Waals surface area contributed by atoms with E-state index in [1.54, 1.807) is 18.2 Å². The molecule has 0 aliphatic heterocycles. The van der Waals surface area contributed by atoms with E-state index in [2.05, 4.69) is 22.4 Å². The molecular formula is C12H13Cl2N3O. The summed E-state index contributed by atoms with van der Waals surface area (Å²) in [4.78, 5) is 0. The smallest absolute Gasteiger partial charge is 0.249 e. The Labute approximate surface area is 115 Å². The maximum Gasteiger partial charge on any atom is 0.249 e. The molecule has 0 radical (unpaired) electrons. The highest BCUT2D eigenvalue weighted by molar-refractivity contribution is 6.36. The summed E-state index contributed by atoms with van der Waals surface area (Å²) >= 11 is 11.9. The van der Waals surface area contributed by atoms with Crippen molar-refractivity contribution in [1.82, 2.24) is 15.5 Å². The highest BCUT2D eigenvalue weighted by Gasteiger charge is 2.11. The summed E-state index contributed by atoms with van der Waals surface area (Å²) in [6, 6.07) is 5.15. The minimum atomic E-state index is 0.407. The average Bonchev–Trinajstić information content (AvgIpc) is 2.78. The molecule has 0 bridgehead atoms. The summed E-state index contributed by atoms with van der Waals surface area (Å²) in [5.41, 5.74) is 0.690. The van der Waals surface area contributed by atoms with Gasteiger partial charge in [0, 0.05) is 5.02 Å². The van der Waals surface area contributed by atoms with E-state index in [-0.39, 0.29) is 0 Å². The molecule has 0 aliphatic carbocycles. The molecule has 0 amide bonds. The minimum Gasteiger partial charge on any atom is -0.419 e. The number of halogens is 2. The number of hydrogen-bond acceptors (Lipinski definition) is 4. The second kappa shape index (κ2) is 6.18. The molecule has 1 aromatic heterocycles. The van der Waals surface area contributed by atoms with Gasteiger partial charge >= 0.3 is 0 Å². The van der Waals surface area contributed by atoms with Crippen molar-refractivity contribution < 1.29 is 4.42 Å². The second-order valence-electron chi connectivity index (χ2n) is 3.80. The zero-order chi connectivity index (χ0) is 13.0. The molecule has 18 heavy (non-hydrogen) atoms. The third-order valence-electron chi connectivity index (χ3n) is 2.33. The standard InChI is InChI=1S/C12H13Cl2N3O/c1-2-5-15-7-11-16-17-12(18-11)9-4-3-8(13)6-10(9)14/h3-4,6,15H,2,5,7H2,1H3. The summed E-state index contributed by atoms with van der Waals surface area (Å²) < 4.78 is 5.52. The van der Waals surface area contributed by atoms with Crippen molar-refractivity contribution in [3.05, 3.63) is 34.1 Å². The Morgan fingerprint density at radius 3 is 2.83 bits per heavy atom. The van der Waals surface area contributed by atoms with E-state index in [0.29, 0.717) is 33.9 Å². The topological polar surface area (TPSA) is 51.0 Å². The van der Waals surface area contributed by atoms with Crippen molar-refractivity contribution in [1.29, 1.82) is 0 Å². The van der Waals surface area contributed by atoms with Crippen LogP contribution >= 0.6 is 23.2 Å². The van der Waals surface area contributed by atoms with E-state index < -0.39 is 0 Å². The van der Waals surface area contributed by atoms with Gasteiger partial charge in [0.1, 0.15) is 0 Å². The lowest BCUT2D eigenvalue weighted by molar-refractivity contribution is 0.477. The molecule has 2 rings (SSSR count). The number of aromatic nitrogens is 2. The Morgan fingerprint density at radius 1 is 1.28 bits per heavy atom. The molecule has 1 aromatic carbocycles. The number of rotatable bonds is 5. The third-order valence-corrected chi connectivity index (χ3v) is 2.88. The molecule has 0 saturated carbocycles. The molecular weight excluding hydrogens is 273 g/mol. The fourth-order valence-electron chi connectivity index (χ4n) is 1.47. The average molecular weight is 286 g/mol. The zero-order valence-electron chi connectivity index (χ0n) is 9.91. The lowest BCUT2D eigenvalue weighted by Crippen LogP contribution is -2.13. The molecule has 1 N–H and O–H groups in total. The van der Waals surface area contributed by atoms with Crippen molar-refractivity contribution in [3.63, 3.8) is 0 Å². The lowest BCUT2D eigenvalue weighted by atomic mass is 10.2. The summed E-state index contributed by atoms with van der Waals surface area (Å²) in [5.74, 6) is 0.953. The van der Waals surface area contributed by atoms with E-state index in [1.165, 1.54) is 0 Å². The predicted molar refractivity (Wildman–Crippen MR) is 71.8 cm³/mol. The van der Waals surface area contributed by atoms with Crippen LogP contribution in [0.15, 0.2) is 22.6 Å². The Balaban J connectivity index is 2.13. The fourth-order valence-corrected chi connectivity index (χ4v) is 1.96. The molecule has 0 saturated heterocycles. The third kappa shape index (κ3) is 3.22. The molecule has 0 aliphatic rings. The second-order valence-corrected chi connectivity index (χ2v) is 4.65. The van der Waals surface area contributed by atoms with Gasteiger partial charge in [0.05, 0.1) is 17.1 Å². The van der Waals surface area contributed by atoms with Crippen LogP contribution in [0.5, 0.6) is 0 Å². The van der Waals surface area contributed by atoms with Gasteiger partial charge in [-0.2, -0.15) is 0 Å². The molecule has 2 aromatic rings. The van der Waals surface area contributed by atoms with Gasteiger partial charge in [-0.15, -0.1) is 10.2 Å². The number of hydrogen-bond donors (Lipinski definition) is 1. The summed E-state index contributed by atoms with van der Waals surface area (Å²) in [7, 11) is 0. The molecule has 0 unspecified atom stereocenters. The molecule has 0 spiro atoms. The molecule has 0 atom stereocenters. The predicted octanol–water partition coefficient (Wildman–Crippen LogP) is 3.54. The van der Waals surface area contributed by atoms with Crippen molar-refractivity contribution in [2.24, 2.45) is 0 Å². The van der Waals surface area contributed by atoms with Gasteiger partial charge in [0.25, 0.3) is 0 Å². The molecule has 6 heteroatoms. The monoisotopic (exact) mass is 285 g/mol. The molecule has 4 nitrogen and oxygen atoms in total. The van der Waals surface area contributed by atoms with Crippen LogP contribution in [0, 0.1) is 0 Å². The van der Waals surface area contributed by atoms with Crippen molar-refractivity contribution >= 4 is 23.2 Å². The number of nitrogens with zero attached hydrogens (tertiary/aromatic N) is 2. The van der Waals surface area contributed by atoms with Gasteiger partial charge in [-0.3, -0.25) is 0 Å². The van der Waals surface area contributed by atoms with Crippen molar-refractivity contribution in [2.45, 2.75) is 19.9 Å². The van der Waals surface area contributed by atoms with Gasteiger partial charge < -0.3 is 9.73 Å². The fraction of sp³-hybridized carbons (Fsp3) is 0.333. The van der Waals surface area contributed by atoms with Crippen LogP contribution in [0.25, 0.3) is 11.5 Å². The highest BCUT2D eigenvalue weighted by Crippen LogP contribution is 2.29. The van der Waals surface area contributed by atoms with Gasteiger partial charge in [-0.1, -0.05) is 30.1 Å². The molecule has 0 fully saturated rings. The van der Waals surface area contributed by atoms with E-state index in [0.717, 1.165) is 13.0 Å². The van der Waals surface area contributed by atoms with E-state index in [4.69, 9.17) is 27.6 Å². The molecule has 96 valence electrons. The summed E-state index contributed by atoms with van der Waals surface area (Å²) in [5, 5.41) is 12.2. The summed E-state index contributed by atoms with van der Waals surface area (Å²) in [6.07, 6.45) is 1.06. The van der Waals surface area contributed by atoms with Crippen LogP contribution in [0.2, 0.25) is 10.0 Å². The van der Waals surface area contributed by atoms with Gasteiger partial charge in [-0.25, -0.2) is 0 Å². The quantitative estimate of drug-likeness (QED) is 0.854. The first kappa shape index (κ1) is 13.3. The maximum absolute atomic E-state index is 6.07. The highest BCUT2D eigenvalue weighted by atomic mass is 35.5. The first-order valence-corrected chi connectivity index (χ1v) is 6.45. The van der Waals surface area contributed by atoms with E-state index in [9.17, 15) is 0 Å². The van der Waals surface area contributed by atoms with Crippen LogP contribution < -0.4 is 5.32 Å². The molecule has 1 heterocycles. The van der Waals surface area contributed by atoms with Crippen LogP contribution in [0.3, 0.4) is 0 Å². The summed E-state index contributed by atoms with van der Waals surface area (Å²) in [6.45, 7) is 3.57. The number of nitrogens with one attached hydrogen (secondary N) is 1.